The van der Waals surface area contributed by atoms with Gasteiger partial charge in [0.05, 0.1) is 5.41 Å². The lowest BCUT2D eigenvalue weighted by atomic mass is 9.68. The molecule has 1 saturated carbocycles. The molecule has 0 unspecified atom stereocenters. The molecule has 0 saturated heterocycles. The van der Waals surface area contributed by atoms with E-state index in [0.29, 0.717) is 0 Å². The van der Waals surface area contributed by atoms with Crippen molar-refractivity contribution in [1.82, 2.24) is 5.32 Å². The van der Waals surface area contributed by atoms with E-state index < -0.39 is 0 Å². The van der Waals surface area contributed by atoms with Crippen molar-refractivity contribution in [3.8, 4) is 0 Å². The van der Waals surface area contributed by atoms with Crippen LogP contribution >= 0.6 is 0 Å². The van der Waals surface area contributed by atoms with Gasteiger partial charge >= 0.3 is 0 Å². The first-order valence-electron chi connectivity index (χ1n) is 5.59. The van der Waals surface area contributed by atoms with Crippen LogP contribution in [0.2, 0.25) is 0 Å². The molecule has 0 aromatic carbocycles. The molecule has 2 nitrogen and oxygen atoms in total. The molecule has 80 valence electrons. The van der Waals surface area contributed by atoms with Crippen LogP contribution in [-0.2, 0) is 4.79 Å². The Morgan fingerprint density at radius 3 is 2.73 bits per heavy atom. The number of allylic oxidation sites excluding steroid dienone is 3. The molecule has 0 aliphatic heterocycles. The van der Waals surface area contributed by atoms with Gasteiger partial charge in [0.1, 0.15) is 0 Å². The summed E-state index contributed by atoms with van der Waals surface area (Å²) in [6.07, 6.45) is 13.1. The van der Waals surface area contributed by atoms with Crippen molar-refractivity contribution in [1.29, 1.82) is 0 Å². The predicted octanol–water partition coefficient (Wildman–Crippen LogP) is 2.69. The average molecular weight is 203 g/mol. The van der Waals surface area contributed by atoms with E-state index in [9.17, 15) is 4.79 Å². The van der Waals surface area contributed by atoms with Crippen LogP contribution in [0.5, 0.6) is 0 Å². The van der Waals surface area contributed by atoms with E-state index in [0.717, 1.165) is 37.8 Å². The zero-order chi connectivity index (χ0) is 10.7. The van der Waals surface area contributed by atoms with Crippen LogP contribution in [0.1, 0.15) is 32.1 Å². The summed E-state index contributed by atoms with van der Waals surface area (Å²) >= 11 is 0. The molecule has 2 aliphatic carbocycles. The fourth-order valence-electron chi connectivity index (χ4n) is 2.04. The molecule has 0 heterocycles. The third kappa shape index (κ3) is 1.89. The topological polar surface area (TPSA) is 29.1 Å². The first-order chi connectivity index (χ1) is 7.27. The van der Waals surface area contributed by atoms with E-state index in [1.807, 2.05) is 6.08 Å². The Morgan fingerprint density at radius 1 is 1.47 bits per heavy atom. The van der Waals surface area contributed by atoms with Crippen molar-refractivity contribution in [3.05, 3.63) is 36.6 Å². The maximum Gasteiger partial charge on any atom is 0.234 e. The number of carbonyl (C=O) groups is 1. The first-order valence-corrected chi connectivity index (χ1v) is 5.59. The van der Waals surface area contributed by atoms with Crippen LogP contribution in [0.4, 0.5) is 0 Å². The molecule has 0 aromatic heterocycles. The first kappa shape index (κ1) is 10.2. The molecule has 0 aromatic rings. The van der Waals surface area contributed by atoms with E-state index in [4.69, 9.17) is 0 Å². The molecule has 1 fully saturated rings. The largest absolute Gasteiger partial charge is 0.326 e. The number of hydrogen-bond donors (Lipinski definition) is 1. The smallest absolute Gasteiger partial charge is 0.234 e. The highest BCUT2D eigenvalue weighted by Gasteiger charge is 2.41. The number of rotatable bonds is 3. The van der Waals surface area contributed by atoms with Gasteiger partial charge in [0.25, 0.3) is 0 Å². The minimum absolute atomic E-state index is 0.113. The Labute approximate surface area is 90.7 Å². The molecule has 2 rings (SSSR count). The Morgan fingerprint density at radius 2 is 2.27 bits per heavy atom. The fourth-order valence-corrected chi connectivity index (χ4v) is 2.04. The summed E-state index contributed by atoms with van der Waals surface area (Å²) in [6, 6.07) is 0. The Hall–Kier alpha value is -1.31. The van der Waals surface area contributed by atoms with Gasteiger partial charge in [-0.2, -0.15) is 0 Å². The number of carbonyl (C=O) groups excluding carboxylic acids is 1. The minimum Gasteiger partial charge on any atom is -0.326 e. The van der Waals surface area contributed by atoms with Crippen molar-refractivity contribution < 1.29 is 4.79 Å². The summed E-state index contributed by atoms with van der Waals surface area (Å²) in [5.74, 6) is 0.113. The van der Waals surface area contributed by atoms with Gasteiger partial charge in [0, 0.05) is 5.70 Å². The molecule has 0 spiro atoms. The van der Waals surface area contributed by atoms with Crippen molar-refractivity contribution in [2.75, 3.05) is 0 Å². The summed E-state index contributed by atoms with van der Waals surface area (Å²) in [4.78, 5) is 12.0. The van der Waals surface area contributed by atoms with Crippen molar-refractivity contribution in [3.63, 3.8) is 0 Å². The van der Waals surface area contributed by atoms with Gasteiger partial charge < -0.3 is 5.32 Å². The summed E-state index contributed by atoms with van der Waals surface area (Å²) in [5, 5.41) is 2.98. The summed E-state index contributed by atoms with van der Waals surface area (Å²) in [6.45, 7) is 3.77. The fraction of sp³-hybridized carbons (Fsp3) is 0.462. The maximum absolute atomic E-state index is 12.0. The highest BCUT2D eigenvalue weighted by molar-refractivity contribution is 5.87. The van der Waals surface area contributed by atoms with Crippen LogP contribution in [0.15, 0.2) is 36.6 Å². The number of hydrogen-bond acceptors (Lipinski definition) is 1. The van der Waals surface area contributed by atoms with Crippen LogP contribution in [0, 0.1) is 5.41 Å². The second kappa shape index (κ2) is 4.05. The highest BCUT2D eigenvalue weighted by atomic mass is 16.2. The third-order valence-electron chi connectivity index (χ3n) is 3.34. The van der Waals surface area contributed by atoms with E-state index in [-0.39, 0.29) is 11.3 Å². The van der Waals surface area contributed by atoms with Crippen LogP contribution in [0.3, 0.4) is 0 Å². The van der Waals surface area contributed by atoms with Gasteiger partial charge in [-0.3, -0.25) is 4.79 Å². The van der Waals surface area contributed by atoms with Crippen molar-refractivity contribution in [2.45, 2.75) is 32.1 Å². The molecular weight excluding hydrogens is 186 g/mol. The molecule has 1 amide bonds. The number of nitrogens with one attached hydrogen (secondary N) is 1. The summed E-state index contributed by atoms with van der Waals surface area (Å²) < 4.78 is 0. The maximum atomic E-state index is 12.0. The minimum atomic E-state index is -0.286. The zero-order valence-corrected chi connectivity index (χ0v) is 8.96. The standard InChI is InChI=1S/C13H17NO/c1-2-13(9-6-10-13)12(15)14-11-7-4-3-5-8-11/h2,4,7-8H,1,3,5-6,9-10H2,(H,14,15). The van der Waals surface area contributed by atoms with E-state index in [1.54, 1.807) is 6.08 Å². The second-order valence-electron chi connectivity index (χ2n) is 4.31. The normalized spacial score (nSPS) is 22.5. The lowest BCUT2D eigenvalue weighted by Crippen LogP contribution is -2.43. The Kier molecular flexibility index (Phi) is 2.76. The summed E-state index contributed by atoms with van der Waals surface area (Å²) in [7, 11) is 0. The van der Waals surface area contributed by atoms with Crippen LogP contribution < -0.4 is 5.32 Å². The van der Waals surface area contributed by atoms with E-state index in [1.165, 1.54) is 0 Å². The molecule has 0 bridgehead atoms. The van der Waals surface area contributed by atoms with Gasteiger partial charge in [-0.1, -0.05) is 24.6 Å². The highest BCUT2D eigenvalue weighted by Crippen LogP contribution is 2.42. The van der Waals surface area contributed by atoms with Gasteiger partial charge in [-0.05, 0) is 31.8 Å². The van der Waals surface area contributed by atoms with Crippen LogP contribution in [0.25, 0.3) is 0 Å². The lowest BCUT2D eigenvalue weighted by molar-refractivity contribution is -0.131. The third-order valence-corrected chi connectivity index (χ3v) is 3.34. The quantitative estimate of drug-likeness (QED) is 0.702. The summed E-state index contributed by atoms with van der Waals surface area (Å²) in [5.41, 5.74) is 0.658. The molecular formula is C13H17NO. The zero-order valence-electron chi connectivity index (χ0n) is 8.96. The van der Waals surface area contributed by atoms with Crippen molar-refractivity contribution >= 4 is 5.91 Å². The van der Waals surface area contributed by atoms with E-state index in [2.05, 4.69) is 24.0 Å². The van der Waals surface area contributed by atoms with Gasteiger partial charge in [-0.15, -0.1) is 6.58 Å². The van der Waals surface area contributed by atoms with Gasteiger partial charge in [0.15, 0.2) is 0 Å². The monoisotopic (exact) mass is 203 g/mol. The average Bonchev–Trinajstić information content (AvgIpc) is 2.18. The molecule has 0 atom stereocenters. The molecule has 1 N–H and O–H groups in total. The van der Waals surface area contributed by atoms with Gasteiger partial charge in [-0.25, -0.2) is 0 Å². The Balaban J connectivity index is 2.00. The van der Waals surface area contributed by atoms with Crippen molar-refractivity contribution in [2.24, 2.45) is 5.41 Å². The lowest BCUT2D eigenvalue weighted by Gasteiger charge is -2.37. The van der Waals surface area contributed by atoms with E-state index >= 15 is 0 Å². The SMILES string of the molecule is C=CC1(C(=O)NC2=CCCC=C2)CCC1. The molecule has 0 radical (unpaired) electrons. The molecule has 2 aliphatic rings. The predicted molar refractivity (Wildman–Crippen MR) is 61.1 cm³/mol. The van der Waals surface area contributed by atoms with Crippen LogP contribution in [-0.4, -0.2) is 5.91 Å². The molecule has 15 heavy (non-hydrogen) atoms. The molecule has 2 heteroatoms. The Bertz CT molecular complexity index is 334. The second-order valence-corrected chi connectivity index (χ2v) is 4.31. The van der Waals surface area contributed by atoms with Gasteiger partial charge in [0.2, 0.25) is 5.91 Å². The number of amides is 1.